The summed E-state index contributed by atoms with van der Waals surface area (Å²) in [5.74, 6) is 1.47. The molecule has 3 N–H and O–H groups in total. The monoisotopic (exact) mass is 287 g/mol. The highest BCUT2D eigenvalue weighted by molar-refractivity contribution is 5.41. The molecule has 4 heteroatoms. The van der Waals surface area contributed by atoms with E-state index in [0.717, 1.165) is 22.6 Å². The number of hydrogen-bond acceptors (Lipinski definition) is 4. The molecule has 0 aliphatic rings. The molecule has 4 nitrogen and oxygen atoms in total. The van der Waals surface area contributed by atoms with Crippen LogP contribution in [-0.4, -0.2) is 24.9 Å². The van der Waals surface area contributed by atoms with Crippen LogP contribution in [0, 0.1) is 0 Å². The SMILES string of the molecule is COc1cc(OCc2ccccc2)ccc1CC(N)CO. The topological polar surface area (TPSA) is 64.7 Å². The van der Waals surface area contributed by atoms with Gasteiger partial charge < -0.3 is 20.3 Å². The first-order chi connectivity index (χ1) is 10.2. The number of methoxy groups -OCH3 is 1. The Morgan fingerprint density at radius 1 is 1.14 bits per heavy atom. The third kappa shape index (κ3) is 4.48. The van der Waals surface area contributed by atoms with Crippen molar-refractivity contribution in [3.8, 4) is 11.5 Å². The minimum atomic E-state index is -0.282. The second kappa shape index (κ2) is 7.67. The van der Waals surface area contributed by atoms with Gasteiger partial charge in [0.1, 0.15) is 18.1 Å². The Labute approximate surface area is 125 Å². The Morgan fingerprint density at radius 3 is 2.57 bits per heavy atom. The van der Waals surface area contributed by atoms with Crippen molar-refractivity contribution in [2.24, 2.45) is 5.73 Å². The minimum Gasteiger partial charge on any atom is -0.496 e. The van der Waals surface area contributed by atoms with E-state index < -0.39 is 0 Å². The summed E-state index contributed by atoms with van der Waals surface area (Å²) in [7, 11) is 1.62. The second-order valence-corrected chi connectivity index (χ2v) is 4.89. The maximum atomic E-state index is 9.03. The van der Waals surface area contributed by atoms with Gasteiger partial charge >= 0.3 is 0 Å². The number of hydrogen-bond donors (Lipinski definition) is 2. The van der Waals surface area contributed by atoms with Crippen molar-refractivity contribution in [1.29, 1.82) is 0 Å². The molecular weight excluding hydrogens is 266 g/mol. The number of rotatable bonds is 7. The van der Waals surface area contributed by atoms with Crippen LogP contribution in [0.1, 0.15) is 11.1 Å². The van der Waals surface area contributed by atoms with Gasteiger partial charge in [-0.15, -0.1) is 0 Å². The molecule has 0 bridgehead atoms. The molecule has 0 radical (unpaired) electrons. The average molecular weight is 287 g/mol. The van der Waals surface area contributed by atoms with Crippen LogP contribution in [0.5, 0.6) is 11.5 Å². The number of aliphatic hydroxyl groups excluding tert-OH is 1. The van der Waals surface area contributed by atoms with E-state index in [9.17, 15) is 0 Å². The van der Waals surface area contributed by atoms with E-state index in [2.05, 4.69) is 0 Å². The van der Waals surface area contributed by atoms with E-state index >= 15 is 0 Å². The molecule has 0 aromatic heterocycles. The van der Waals surface area contributed by atoms with Crippen molar-refractivity contribution in [3.63, 3.8) is 0 Å². The van der Waals surface area contributed by atoms with E-state index in [4.69, 9.17) is 20.3 Å². The highest BCUT2D eigenvalue weighted by Crippen LogP contribution is 2.26. The lowest BCUT2D eigenvalue weighted by atomic mass is 10.1. The van der Waals surface area contributed by atoms with Crippen molar-refractivity contribution in [3.05, 3.63) is 59.7 Å². The van der Waals surface area contributed by atoms with Gasteiger partial charge in [0.2, 0.25) is 0 Å². The maximum Gasteiger partial charge on any atom is 0.125 e. The zero-order valence-electron chi connectivity index (χ0n) is 12.2. The lowest BCUT2D eigenvalue weighted by Gasteiger charge is -2.14. The molecule has 0 saturated carbocycles. The normalized spacial score (nSPS) is 12.0. The standard InChI is InChI=1S/C17H21NO3/c1-20-17-10-16(8-7-14(17)9-15(18)11-19)21-12-13-5-3-2-4-6-13/h2-8,10,15,19H,9,11-12,18H2,1H3. The Kier molecular flexibility index (Phi) is 5.60. The van der Waals surface area contributed by atoms with Crippen molar-refractivity contribution in [2.75, 3.05) is 13.7 Å². The van der Waals surface area contributed by atoms with Crippen LogP contribution in [0.15, 0.2) is 48.5 Å². The first kappa shape index (κ1) is 15.4. The second-order valence-electron chi connectivity index (χ2n) is 4.89. The zero-order valence-corrected chi connectivity index (χ0v) is 12.2. The number of benzene rings is 2. The first-order valence-corrected chi connectivity index (χ1v) is 6.93. The summed E-state index contributed by atoms with van der Waals surface area (Å²) in [5.41, 5.74) is 7.84. The molecule has 2 aromatic rings. The van der Waals surface area contributed by atoms with Crippen molar-refractivity contribution in [2.45, 2.75) is 19.1 Å². The molecule has 112 valence electrons. The van der Waals surface area contributed by atoms with E-state index in [-0.39, 0.29) is 12.6 Å². The van der Waals surface area contributed by atoms with E-state index in [0.29, 0.717) is 13.0 Å². The van der Waals surface area contributed by atoms with E-state index in [1.54, 1.807) is 7.11 Å². The molecule has 2 aromatic carbocycles. The minimum absolute atomic E-state index is 0.0462. The molecule has 0 amide bonds. The molecule has 0 heterocycles. The molecule has 0 aliphatic heterocycles. The van der Waals surface area contributed by atoms with Crippen LogP contribution in [0.4, 0.5) is 0 Å². The van der Waals surface area contributed by atoms with Crippen molar-refractivity contribution in [1.82, 2.24) is 0 Å². The molecule has 0 spiro atoms. The summed E-state index contributed by atoms with van der Waals surface area (Å²) in [5, 5.41) is 9.03. The molecule has 0 aliphatic carbocycles. The van der Waals surface area contributed by atoms with Crippen LogP contribution >= 0.6 is 0 Å². The highest BCUT2D eigenvalue weighted by Gasteiger charge is 2.09. The average Bonchev–Trinajstić information content (AvgIpc) is 2.54. The molecule has 21 heavy (non-hydrogen) atoms. The van der Waals surface area contributed by atoms with Gasteiger partial charge in [0.25, 0.3) is 0 Å². The van der Waals surface area contributed by atoms with E-state index in [1.165, 1.54) is 0 Å². The van der Waals surface area contributed by atoms with Crippen LogP contribution in [0.3, 0.4) is 0 Å². The fourth-order valence-corrected chi connectivity index (χ4v) is 2.07. The lowest BCUT2D eigenvalue weighted by molar-refractivity contribution is 0.264. The number of ether oxygens (including phenoxy) is 2. The molecule has 2 rings (SSSR count). The Bertz CT molecular complexity index is 557. The predicted molar refractivity (Wildman–Crippen MR) is 82.5 cm³/mol. The predicted octanol–water partition coefficient (Wildman–Crippen LogP) is 2.14. The summed E-state index contributed by atoms with van der Waals surface area (Å²) < 4.78 is 11.1. The van der Waals surface area contributed by atoms with Crippen molar-refractivity contribution < 1.29 is 14.6 Å². The third-order valence-electron chi connectivity index (χ3n) is 3.22. The molecule has 1 unspecified atom stereocenters. The maximum absolute atomic E-state index is 9.03. The highest BCUT2D eigenvalue weighted by atomic mass is 16.5. The molecule has 0 saturated heterocycles. The van der Waals surface area contributed by atoms with Gasteiger partial charge in [-0.05, 0) is 23.6 Å². The smallest absolute Gasteiger partial charge is 0.125 e. The fourth-order valence-electron chi connectivity index (χ4n) is 2.07. The largest absolute Gasteiger partial charge is 0.496 e. The number of aliphatic hydroxyl groups is 1. The van der Waals surface area contributed by atoms with E-state index in [1.807, 2.05) is 48.5 Å². The summed E-state index contributed by atoms with van der Waals surface area (Å²) in [6, 6.07) is 15.4. The van der Waals surface area contributed by atoms with Crippen LogP contribution in [-0.2, 0) is 13.0 Å². The summed E-state index contributed by atoms with van der Waals surface area (Å²) in [4.78, 5) is 0. The van der Waals surface area contributed by atoms with Gasteiger partial charge in [-0.25, -0.2) is 0 Å². The Balaban J connectivity index is 2.04. The fraction of sp³-hybridized carbons (Fsp3) is 0.294. The summed E-state index contributed by atoms with van der Waals surface area (Å²) in [6.45, 7) is 0.467. The summed E-state index contributed by atoms with van der Waals surface area (Å²) >= 11 is 0. The van der Waals surface area contributed by atoms with Gasteiger partial charge in [-0.2, -0.15) is 0 Å². The zero-order chi connectivity index (χ0) is 15.1. The van der Waals surface area contributed by atoms with Crippen LogP contribution < -0.4 is 15.2 Å². The molecule has 0 fully saturated rings. The Morgan fingerprint density at radius 2 is 1.90 bits per heavy atom. The van der Waals surface area contributed by atoms with Gasteiger partial charge in [0, 0.05) is 12.1 Å². The van der Waals surface area contributed by atoms with Crippen LogP contribution in [0.2, 0.25) is 0 Å². The van der Waals surface area contributed by atoms with Crippen LogP contribution in [0.25, 0.3) is 0 Å². The van der Waals surface area contributed by atoms with Gasteiger partial charge in [0.15, 0.2) is 0 Å². The Hall–Kier alpha value is -2.04. The van der Waals surface area contributed by atoms with Gasteiger partial charge in [-0.1, -0.05) is 36.4 Å². The first-order valence-electron chi connectivity index (χ1n) is 6.93. The molecular formula is C17H21NO3. The number of nitrogens with two attached hydrogens (primary N) is 1. The lowest BCUT2D eigenvalue weighted by Crippen LogP contribution is -2.27. The summed E-state index contributed by atoms with van der Waals surface area (Å²) in [6.07, 6.45) is 0.568. The third-order valence-corrected chi connectivity index (χ3v) is 3.22. The van der Waals surface area contributed by atoms with Crippen molar-refractivity contribution >= 4 is 0 Å². The molecule has 1 atom stereocenters. The van der Waals surface area contributed by atoms with Gasteiger partial charge in [0.05, 0.1) is 13.7 Å². The quantitative estimate of drug-likeness (QED) is 0.819. The van der Waals surface area contributed by atoms with Gasteiger partial charge in [-0.3, -0.25) is 0 Å².